The highest BCUT2D eigenvalue weighted by Crippen LogP contribution is 2.49. The van der Waals surface area contributed by atoms with Crippen LogP contribution in [0.2, 0.25) is 0 Å². The average molecular weight is 428 g/mol. The first-order valence-electron chi connectivity index (χ1n) is 10.1. The minimum absolute atomic E-state index is 0.0199. The minimum Gasteiger partial charge on any atom is -0.445 e. The molecule has 2 aromatic carbocycles. The molecule has 0 saturated carbocycles. The van der Waals surface area contributed by atoms with E-state index in [0.717, 1.165) is 29.8 Å². The van der Waals surface area contributed by atoms with E-state index in [1.807, 2.05) is 50.4 Å². The molecule has 2 aliphatic rings. The quantitative estimate of drug-likeness (QED) is 0.702. The summed E-state index contributed by atoms with van der Waals surface area (Å²) in [5, 5.41) is 5.40. The van der Waals surface area contributed by atoms with Crippen molar-refractivity contribution in [1.29, 1.82) is 0 Å². The number of amides is 1. The third-order valence-electron chi connectivity index (χ3n) is 5.85. The minimum atomic E-state index is -0.317. The van der Waals surface area contributed by atoms with Crippen LogP contribution in [0.25, 0.3) is 0 Å². The fraction of sp³-hybridized carbons (Fsp3) is 0.348. The molecule has 30 heavy (non-hydrogen) atoms. The number of benzene rings is 2. The van der Waals surface area contributed by atoms with E-state index in [0.29, 0.717) is 6.54 Å². The number of likely N-dealkylation sites (tertiary alicyclic amines) is 1. The number of nitrogens with zero attached hydrogens (tertiary/aromatic N) is 2. The summed E-state index contributed by atoms with van der Waals surface area (Å²) in [6.07, 6.45) is 1.16. The fourth-order valence-electron chi connectivity index (χ4n) is 4.36. The number of anilines is 1. The zero-order valence-electron chi connectivity index (χ0n) is 17.2. The average Bonchev–Trinajstić information content (AvgIpc) is 3.10. The molecule has 2 aliphatic heterocycles. The van der Waals surface area contributed by atoms with Crippen molar-refractivity contribution in [2.45, 2.75) is 38.0 Å². The second-order valence-corrected chi connectivity index (χ2v) is 8.54. The van der Waals surface area contributed by atoms with E-state index in [1.54, 1.807) is 29.0 Å². The Morgan fingerprint density at radius 3 is 2.77 bits per heavy atom. The van der Waals surface area contributed by atoms with Crippen LogP contribution in [0.3, 0.4) is 0 Å². The molecule has 2 aromatic rings. The maximum absolute atomic E-state index is 13.9. The van der Waals surface area contributed by atoms with Crippen molar-refractivity contribution in [2.24, 2.45) is 0 Å². The first-order valence-corrected chi connectivity index (χ1v) is 11.0. The molecule has 1 amide bonds. The highest BCUT2D eigenvalue weighted by Gasteiger charge is 2.50. The van der Waals surface area contributed by atoms with Crippen molar-refractivity contribution in [3.8, 4) is 0 Å². The van der Waals surface area contributed by atoms with Gasteiger partial charge in [-0.3, -0.25) is 0 Å². The van der Waals surface area contributed by atoms with Gasteiger partial charge in [-0.25, -0.2) is 9.18 Å². The summed E-state index contributed by atoms with van der Waals surface area (Å²) in [7, 11) is 1.91. The van der Waals surface area contributed by atoms with Crippen molar-refractivity contribution in [3.05, 3.63) is 77.1 Å². The SMILES string of the molecule is CNC1=CSN(c2cccc(F)c2)[C@@]12CCN(C(=O)OCc1ccccc1)[C@@H](C)C2. The Hall–Kier alpha value is -2.67. The van der Waals surface area contributed by atoms with Gasteiger partial charge in [-0.15, -0.1) is 0 Å². The summed E-state index contributed by atoms with van der Waals surface area (Å²) < 4.78 is 21.6. The number of piperidine rings is 1. The molecule has 1 saturated heterocycles. The van der Waals surface area contributed by atoms with Crippen molar-refractivity contribution in [1.82, 2.24) is 10.2 Å². The van der Waals surface area contributed by atoms with E-state index in [1.165, 1.54) is 6.07 Å². The van der Waals surface area contributed by atoms with Crippen LogP contribution in [0.5, 0.6) is 0 Å². The number of halogens is 1. The third kappa shape index (κ3) is 3.86. The topological polar surface area (TPSA) is 44.8 Å². The third-order valence-corrected chi connectivity index (χ3v) is 6.96. The lowest BCUT2D eigenvalue weighted by Gasteiger charge is -2.48. The summed E-state index contributed by atoms with van der Waals surface area (Å²) in [4.78, 5) is 14.5. The lowest BCUT2D eigenvalue weighted by molar-refractivity contribution is 0.0614. The highest BCUT2D eigenvalue weighted by atomic mass is 32.2. The van der Waals surface area contributed by atoms with Gasteiger partial charge in [0.15, 0.2) is 0 Å². The second-order valence-electron chi connectivity index (χ2n) is 7.73. The van der Waals surface area contributed by atoms with E-state index in [9.17, 15) is 9.18 Å². The molecule has 4 rings (SSSR count). The molecule has 0 unspecified atom stereocenters. The van der Waals surface area contributed by atoms with Gasteiger partial charge in [0, 0.05) is 30.7 Å². The first-order chi connectivity index (χ1) is 14.5. The molecule has 0 bridgehead atoms. The Kier molecular flexibility index (Phi) is 5.90. The number of carbonyl (C=O) groups is 1. The molecule has 2 atom stereocenters. The number of hydrogen-bond acceptors (Lipinski definition) is 5. The Labute approximate surface area is 181 Å². The molecule has 5 nitrogen and oxygen atoms in total. The van der Waals surface area contributed by atoms with Gasteiger partial charge in [-0.05, 0) is 55.5 Å². The van der Waals surface area contributed by atoms with Gasteiger partial charge in [0.1, 0.15) is 12.4 Å². The van der Waals surface area contributed by atoms with Gasteiger partial charge in [-0.2, -0.15) is 0 Å². The van der Waals surface area contributed by atoms with E-state index in [2.05, 4.69) is 15.0 Å². The van der Waals surface area contributed by atoms with Crippen LogP contribution in [0.4, 0.5) is 14.9 Å². The van der Waals surface area contributed by atoms with Gasteiger partial charge >= 0.3 is 6.09 Å². The maximum atomic E-state index is 13.9. The van der Waals surface area contributed by atoms with Crippen LogP contribution in [0.15, 0.2) is 65.7 Å². The lowest BCUT2D eigenvalue weighted by atomic mass is 9.81. The monoisotopic (exact) mass is 427 g/mol. The number of nitrogens with one attached hydrogen (secondary N) is 1. The molecule has 1 N–H and O–H groups in total. The van der Waals surface area contributed by atoms with Crippen LogP contribution < -0.4 is 9.62 Å². The highest BCUT2D eigenvalue weighted by molar-refractivity contribution is 8.03. The van der Waals surface area contributed by atoms with Crippen molar-refractivity contribution in [2.75, 3.05) is 17.9 Å². The van der Waals surface area contributed by atoms with Gasteiger partial charge in [0.2, 0.25) is 0 Å². The van der Waals surface area contributed by atoms with E-state index in [-0.39, 0.29) is 30.1 Å². The molecule has 0 aromatic heterocycles. The van der Waals surface area contributed by atoms with Gasteiger partial charge in [0.25, 0.3) is 0 Å². The van der Waals surface area contributed by atoms with Crippen molar-refractivity contribution in [3.63, 3.8) is 0 Å². The number of ether oxygens (including phenoxy) is 1. The molecule has 0 aliphatic carbocycles. The zero-order chi connectivity index (χ0) is 21.1. The normalized spacial score (nSPS) is 23.4. The lowest BCUT2D eigenvalue weighted by Crippen LogP contribution is -2.58. The standard InChI is InChI=1S/C23H26FN3O2S/c1-17-14-23(11-12-26(17)22(28)29-15-18-7-4-3-5-8-18)21(25-2)16-30-27(23)20-10-6-9-19(24)13-20/h3-10,13,16-17,25H,11-12,14-15H2,1-2H3/t17-,23+/m0/s1. The largest absolute Gasteiger partial charge is 0.445 e. The predicted octanol–water partition coefficient (Wildman–Crippen LogP) is 4.91. The molecule has 158 valence electrons. The summed E-state index contributed by atoms with van der Waals surface area (Å²) in [6.45, 7) is 2.88. The molecular weight excluding hydrogens is 401 g/mol. The Bertz CT molecular complexity index is 939. The summed E-state index contributed by atoms with van der Waals surface area (Å²) in [6, 6.07) is 16.3. The number of rotatable bonds is 4. The van der Waals surface area contributed by atoms with Crippen LogP contribution in [0.1, 0.15) is 25.3 Å². The number of hydrogen-bond donors (Lipinski definition) is 1. The first kappa shape index (κ1) is 20.6. The molecule has 0 radical (unpaired) electrons. The predicted molar refractivity (Wildman–Crippen MR) is 118 cm³/mol. The summed E-state index contributed by atoms with van der Waals surface area (Å²) in [5.74, 6) is -0.254. The summed E-state index contributed by atoms with van der Waals surface area (Å²) in [5.41, 5.74) is 2.58. The molecule has 1 spiro atoms. The van der Waals surface area contributed by atoms with Gasteiger partial charge in [-0.1, -0.05) is 36.4 Å². The number of likely N-dealkylation sites (N-methyl/N-ethyl adjacent to an activating group) is 1. The van der Waals surface area contributed by atoms with Crippen LogP contribution in [0, 0.1) is 5.82 Å². The smallest absolute Gasteiger partial charge is 0.410 e. The van der Waals surface area contributed by atoms with Crippen LogP contribution in [-0.2, 0) is 11.3 Å². The van der Waals surface area contributed by atoms with E-state index in [4.69, 9.17) is 4.74 Å². The van der Waals surface area contributed by atoms with Crippen LogP contribution in [-0.4, -0.2) is 36.2 Å². The van der Waals surface area contributed by atoms with Gasteiger partial charge < -0.3 is 19.3 Å². The molecule has 1 fully saturated rings. The molecule has 2 heterocycles. The van der Waals surface area contributed by atoms with Crippen molar-refractivity contribution < 1.29 is 13.9 Å². The zero-order valence-corrected chi connectivity index (χ0v) is 18.0. The Morgan fingerprint density at radius 2 is 2.07 bits per heavy atom. The Morgan fingerprint density at radius 1 is 1.27 bits per heavy atom. The number of carbonyl (C=O) groups excluding carboxylic acids is 1. The Balaban J connectivity index is 1.49. The van der Waals surface area contributed by atoms with E-state index >= 15 is 0 Å². The maximum Gasteiger partial charge on any atom is 0.410 e. The second kappa shape index (κ2) is 8.60. The molecule has 7 heteroatoms. The molecular formula is C23H26FN3O2S. The van der Waals surface area contributed by atoms with E-state index < -0.39 is 0 Å². The van der Waals surface area contributed by atoms with Crippen molar-refractivity contribution >= 4 is 23.7 Å². The summed E-state index contributed by atoms with van der Waals surface area (Å²) >= 11 is 1.57. The van der Waals surface area contributed by atoms with Gasteiger partial charge in [0.05, 0.1) is 11.2 Å². The fourth-order valence-corrected chi connectivity index (χ4v) is 5.61. The van der Waals surface area contributed by atoms with Crippen LogP contribution >= 0.6 is 11.9 Å².